The molecule has 1 aromatic carbocycles. The van der Waals surface area contributed by atoms with Crippen molar-refractivity contribution in [3.63, 3.8) is 0 Å². The van der Waals surface area contributed by atoms with Crippen molar-refractivity contribution in [3.8, 4) is 0 Å². The van der Waals surface area contributed by atoms with E-state index in [0.717, 1.165) is 23.4 Å². The van der Waals surface area contributed by atoms with Crippen molar-refractivity contribution < 1.29 is 9.15 Å². The number of methoxy groups -OCH3 is 1. The van der Waals surface area contributed by atoms with Crippen LogP contribution in [0.1, 0.15) is 29.9 Å². The molecule has 3 rings (SSSR count). The van der Waals surface area contributed by atoms with Crippen molar-refractivity contribution in [2.75, 3.05) is 13.7 Å². The number of aryl methyl sites for hydroxylation is 2. The minimum Gasteiger partial charge on any atom is -0.441 e. The molecular formula is C14H17NO2. The Kier molecular flexibility index (Phi) is 2.85. The highest BCUT2D eigenvalue weighted by atomic mass is 16.5. The van der Waals surface area contributed by atoms with E-state index in [-0.39, 0.29) is 0 Å². The van der Waals surface area contributed by atoms with Crippen molar-refractivity contribution >= 4 is 11.1 Å². The van der Waals surface area contributed by atoms with Crippen LogP contribution in [-0.2, 0) is 24.0 Å². The molecule has 0 bridgehead atoms. The summed E-state index contributed by atoms with van der Waals surface area (Å²) in [6.45, 7) is 0.659. The van der Waals surface area contributed by atoms with E-state index < -0.39 is 0 Å². The Balaban J connectivity index is 1.98. The van der Waals surface area contributed by atoms with Crippen LogP contribution in [-0.4, -0.2) is 18.7 Å². The second kappa shape index (κ2) is 4.49. The SMILES string of the molecule is COCCc1nc2cc3c(cc2o1)CCCC3. The molecule has 1 aliphatic rings. The molecular weight excluding hydrogens is 214 g/mol. The van der Waals surface area contributed by atoms with Gasteiger partial charge in [0.25, 0.3) is 0 Å². The average Bonchev–Trinajstić information content (AvgIpc) is 2.75. The van der Waals surface area contributed by atoms with E-state index in [9.17, 15) is 0 Å². The molecule has 3 heteroatoms. The lowest BCUT2D eigenvalue weighted by Gasteiger charge is -2.14. The molecule has 17 heavy (non-hydrogen) atoms. The summed E-state index contributed by atoms with van der Waals surface area (Å²) in [5.74, 6) is 0.782. The van der Waals surface area contributed by atoms with Gasteiger partial charge in [-0.05, 0) is 48.9 Å². The first-order chi connectivity index (χ1) is 8.36. The molecule has 0 N–H and O–H groups in total. The van der Waals surface area contributed by atoms with Crippen LogP contribution in [0.3, 0.4) is 0 Å². The molecule has 1 aromatic heterocycles. The van der Waals surface area contributed by atoms with Gasteiger partial charge in [-0.15, -0.1) is 0 Å². The van der Waals surface area contributed by atoms with Gasteiger partial charge in [-0.25, -0.2) is 4.98 Å². The van der Waals surface area contributed by atoms with Gasteiger partial charge in [0.15, 0.2) is 11.5 Å². The standard InChI is InChI=1S/C14H17NO2/c1-16-7-6-14-15-12-8-10-4-2-3-5-11(10)9-13(12)17-14/h8-9H,2-7H2,1H3. The first-order valence-corrected chi connectivity index (χ1v) is 6.27. The summed E-state index contributed by atoms with van der Waals surface area (Å²) in [6.07, 6.45) is 5.71. The summed E-state index contributed by atoms with van der Waals surface area (Å²) >= 11 is 0. The zero-order valence-corrected chi connectivity index (χ0v) is 10.2. The lowest BCUT2D eigenvalue weighted by Crippen LogP contribution is -2.01. The quantitative estimate of drug-likeness (QED) is 0.814. The average molecular weight is 231 g/mol. The van der Waals surface area contributed by atoms with E-state index >= 15 is 0 Å². The molecule has 3 nitrogen and oxygen atoms in total. The van der Waals surface area contributed by atoms with Crippen LogP contribution in [0.15, 0.2) is 16.5 Å². The largest absolute Gasteiger partial charge is 0.441 e. The number of aromatic nitrogens is 1. The van der Waals surface area contributed by atoms with Crippen LogP contribution in [0.5, 0.6) is 0 Å². The van der Waals surface area contributed by atoms with Gasteiger partial charge in [0.2, 0.25) is 0 Å². The van der Waals surface area contributed by atoms with E-state index in [1.54, 1.807) is 7.11 Å². The van der Waals surface area contributed by atoms with E-state index in [1.807, 2.05) is 0 Å². The first kappa shape index (κ1) is 10.8. The number of rotatable bonds is 3. The highest BCUT2D eigenvalue weighted by Gasteiger charge is 2.13. The van der Waals surface area contributed by atoms with Gasteiger partial charge in [-0.1, -0.05) is 0 Å². The third kappa shape index (κ3) is 2.07. The van der Waals surface area contributed by atoms with Gasteiger partial charge in [-0.2, -0.15) is 0 Å². The van der Waals surface area contributed by atoms with Crippen LogP contribution in [0.4, 0.5) is 0 Å². The highest BCUT2D eigenvalue weighted by molar-refractivity contribution is 5.75. The molecule has 0 saturated heterocycles. The topological polar surface area (TPSA) is 35.3 Å². The Labute approximate surface area is 101 Å². The minimum absolute atomic E-state index is 0.659. The fourth-order valence-corrected chi connectivity index (χ4v) is 2.50. The Morgan fingerprint density at radius 3 is 2.76 bits per heavy atom. The predicted molar refractivity (Wildman–Crippen MR) is 66.2 cm³/mol. The van der Waals surface area contributed by atoms with Crippen LogP contribution >= 0.6 is 0 Å². The summed E-state index contributed by atoms with van der Waals surface area (Å²) in [7, 11) is 1.70. The molecule has 0 unspecified atom stereocenters. The maximum atomic E-state index is 5.75. The van der Waals surface area contributed by atoms with E-state index in [4.69, 9.17) is 9.15 Å². The molecule has 1 heterocycles. The van der Waals surface area contributed by atoms with Gasteiger partial charge in [0, 0.05) is 13.5 Å². The lowest BCUT2D eigenvalue weighted by molar-refractivity contribution is 0.196. The second-order valence-corrected chi connectivity index (χ2v) is 4.65. The number of nitrogens with zero attached hydrogens (tertiary/aromatic N) is 1. The fraction of sp³-hybridized carbons (Fsp3) is 0.500. The van der Waals surface area contributed by atoms with Crippen LogP contribution in [0.25, 0.3) is 11.1 Å². The predicted octanol–water partition coefficient (Wildman–Crippen LogP) is 2.90. The van der Waals surface area contributed by atoms with Crippen molar-refractivity contribution in [1.82, 2.24) is 4.98 Å². The molecule has 90 valence electrons. The normalized spacial score (nSPS) is 15.1. The summed E-state index contributed by atoms with van der Waals surface area (Å²) < 4.78 is 10.8. The van der Waals surface area contributed by atoms with Crippen molar-refractivity contribution in [2.45, 2.75) is 32.1 Å². The summed E-state index contributed by atoms with van der Waals surface area (Å²) in [5, 5.41) is 0. The van der Waals surface area contributed by atoms with E-state index in [1.165, 1.54) is 36.8 Å². The number of benzene rings is 1. The number of fused-ring (bicyclic) bond motifs is 2. The van der Waals surface area contributed by atoms with Gasteiger partial charge in [0.1, 0.15) is 5.52 Å². The van der Waals surface area contributed by atoms with E-state index in [0.29, 0.717) is 6.61 Å². The molecule has 0 aliphatic heterocycles. The fourth-order valence-electron chi connectivity index (χ4n) is 2.50. The third-order valence-electron chi connectivity index (χ3n) is 3.42. The number of hydrogen-bond acceptors (Lipinski definition) is 3. The Bertz CT molecular complexity index is 487. The smallest absolute Gasteiger partial charge is 0.197 e. The first-order valence-electron chi connectivity index (χ1n) is 6.27. The molecule has 0 amide bonds. The summed E-state index contributed by atoms with van der Waals surface area (Å²) in [6, 6.07) is 4.37. The maximum absolute atomic E-state index is 5.75. The van der Waals surface area contributed by atoms with Crippen molar-refractivity contribution in [2.24, 2.45) is 0 Å². The molecule has 0 saturated carbocycles. The van der Waals surface area contributed by atoms with Gasteiger partial charge in [-0.3, -0.25) is 0 Å². The molecule has 0 fully saturated rings. The number of hydrogen-bond donors (Lipinski definition) is 0. The number of ether oxygens (including phenoxy) is 1. The highest BCUT2D eigenvalue weighted by Crippen LogP contribution is 2.27. The minimum atomic E-state index is 0.659. The second-order valence-electron chi connectivity index (χ2n) is 4.65. The Hall–Kier alpha value is -1.35. The summed E-state index contributed by atoms with van der Waals surface area (Å²) in [5.41, 5.74) is 4.82. The zero-order chi connectivity index (χ0) is 11.7. The van der Waals surface area contributed by atoms with Crippen LogP contribution in [0.2, 0.25) is 0 Å². The van der Waals surface area contributed by atoms with Gasteiger partial charge in [0.05, 0.1) is 6.61 Å². The Morgan fingerprint density at radius 2 is 2.00 bits per heavy atom. The maximum Gasteiger partial charge on any atom is 0.197 e. The van der Waals surface area contributed by atoms with Crippen LogP contribution in [0, 0.1) is 0 Å². The van der Waals surface area contributed by atoms with E-state index in [2.05, 4.69) is 17.1 Å². The monoisotopic (exact) mass is 231 g/mol. The molecule has 0 atom stereocenters. The van der Waals surface area contributed by atoms with Gasteiger partial charge < -0.3 is 9.15 Å². The zero-order valence-electron chi connectivity index (χ0n) is 10.2. The molecule has 0 spiro atoms. The molecule has 1 aliphatic carbocycles. The Morgan fingerprint density at radius 1 is 1.24 bits per heavy atom. The summed E-state index contributed by atoms with van der Waals surface area (Å²) in [4.78, 5) is 4.51. The van der Waals surface area contributed by atoms with Crippen LogP contribution < -0.4 is 0 Å². The van der Waals surface area contributed by atoms with Gasteiger partial charge >= 0.3 is 0 Å². The molecule has 2 aromatic rings. The van der Waals surface area contributed by atoms with Crippen molar-refractivity contribution in [1.29, 1.82) is 0 Å². The van der Waals surface area contributed by atoms with Crippen molar-refractivity contribution in [3.05, 3.63) is 29.2 Å². The molecule has 0 radical (unpaired) electrons. The third-order valence-corrected chi connectivity index (χ3v) is 3.42. The number of oxazole rings is 1. The lowest BCUT2D eigenvalue weighted by atomic mass is 9.91.